The molecule has 0 aliphatic heterocycles. The second-order valence-corrected chi connectivity index (χ2v) is 6.72. The number of fused-ring (bicyclic) bond motifs is 1. The minimum atomic E-state index is -0.170. The fourth-order valence-electron chi connectivity index (χ4n) is 2.42. The van der Waals surface area contributed by atoms with Crippen LogP contribution in [0.5, 0.6) is 0 Å². The van der Waals surface area contributed by atoms with Crippen molar-refractivity contribution >= 4 is 10.9 Å². The maximum atomic E-state index is 6.01. The van der Waals surface area contributed by atoms with Crippen LogP contribution in [0.4, 0.5) is 0 Å². The van der Waals surface area contributed by atoms with Gasteiger partial charge in [0.05, 0.1) is 0 Å². The Morgan fingerprint density at radius 1 is 1.11 bits per heavy atom. The summed E-state index contributed by atoms with van der Waals surface area (Å²) in [7, 11) is 0. The molecule has 104 valence electrons. The fraction of sp³-hybridized carbons (Fsp3) is 0.500. The van der Waals surface area contributed by atoms with Gasteiger partial charge in [-0.2, -0.15) is 0 Å². The fourth-order valence-corrected chi connectivity index (χ4v) is 2.42. The van der Waals surface area contributed by atoms with Crippen molar-refractivity contribution in [2.24, 2.45) is 5.73 Å². The minimum Gasteiger partial charge on any atom is -0.361 e. The average molecular weight is 259 g/mol. The smallest absolute Gasteiger partial charge is 0.0457 e. The lowest BCUT2D eigenvalue weighted by atomic mass is 9.84. The van der Waals surface area contributed by atoms with Crippen LogP contribution in [-0.2, 0) is 5.41 Å². The van der Waals surface area contributed by atoms with Gasteiger partial charge in [0.2, 0.25) is 0 Å². The molecule has 0 atom stereocenters. The maximum Gasteiger partial charge on any atom is 0.0457 e. The summed E-state index contributed by atoms with van der Waals surface area (Å²) in [6.07, 6.45) is 2.12. The van der Waals surface area contributed by atoms with Crippen molar-refractivity contribution in [3.8, 4) is 0 Å². The summed E-state index contributed by atoms with van der Waals surface area (Å²) in [5.74, 6) is 0. The van der Waals surface area contributed by atoms with E-state index in [0.717, 1.165) is 13.1 Å². The Kier molecular flexibility index (Phi) is 3.70. The van der Waals surface area contributed by atoms with Crippen LogP contribution in [0.2, 0.25) is 0 Å². The van der Waals surface area contributed by atoms with E-state index in [2.05, 4.69) is 54.6 Å². The summed E-state index contributed by atoms with van der Waals surface area (Å²) in [6.45, 7) is 10.3. The molecule has 0 saturated carbocycles. The Bertz CT molecular complexity index is 546. The van der Waals surface area contributed by atoms with Crippen molar-refractivity contribution in [2.75, 3.05) is 13.1 Å². The molecule has 3 nitrogen and oxygen atoms in total. The number of para-hydroxylation sites is 1. The van der Waals surface area contributed by atoms with Gasteiger partial charge in [-0.05, 0) is 25.5 Å². The SMILES string of the molecule is CC(C)(N)CNCC(C)(C)c1c[nH]c2ccccc12. The number of hydrogen-bond donors (Lipinski definition) is 3. The molecule has 1 heterocycles. The Morgan fingerprint density at radius 3 is 2.47 bits per heavy atom. The van der Waals surface area contributed by atoms with E-state index in [1.807, 2.05) is 13.8 Å². The first-order valence-corrected chi connectivity index (χ1v) is 6.86. The standard InChI is InChI=1S/C16H25N3/c1-15(2,10-18-11-16(3,4)17)13-9-19-14-8-6-5-7-12(13)14/h5-9,18-19H,10-11,17H2,1-4H3. The van der Waals surface area contributed by atoms with Crippen molar-refractivity contribution in [1.82, 2.24) is 10.3 Å². The number of rotatable bonds is 5. The average Bonchev–Trinajstić information content (AvgIpc) is 2.71. The highest BCUT2D eigenvalue weighted by Crippen LogP contribution is 2.29. The van der Waals surface area contributed by atoms with Crippen LogP contribution in [0.1, 0.15) is 33.3 Å². The highest BCUT2D eigenvalue weighted by atomic mass is 14.9. The summed E-state index contributed by atoms with van der Waals surface area (Å²) in [5, 5.41) is 4.79. The van der Waals surface area contributed by atoms with Crippen LogP contribution in [0.25, 0.3) is 10.9 Å². The van der Waals surface area contributed by atoms with E-state index in [9.17, 15) is 0 Å². The van der Waals surface area contributed by atoms with Crippen molar-refractivity contribution < 1.29 is 0 Å². The monoisotopic (exact) mass is 259 g/mol. The second-order valence-electron chi connectivity index (χ2n) is 6.72. The zero-order valence-electron chi connectivity index (χ0n) is 12.4. The van der Waals surface area contributed by atoms with Gasteiger partial charge in [0.15, 0.2) is 0 Å². The maximum absolute atomic E-state index is 6.01. The third-order valence-electron chi connectivity index (χ3n) is 3.47. The van der Waals surface area contributed by atoms with Gasteiger partial charge in [-0.15, -0.1) is 0 Å². The normalized spacial score (nSPS) is 13.1. The van der Waals surface area contributed by atoms with Gasteiger partial charge >= 0.3 is 0 Å². The molecule has 0 fully saturated rings. The quantitative estimate of drug-likeness (QED) is 0.773. The molecule has 0 bridgehead atoms. The zero-order valence-corrected chi connectivity index (χ0v) is 12.4. The molecule has 0 spiro atoms. The molecule has 0 radical (unpaired) electrons. The molecule has 1 aromatic heterocycles. The minimum absolute atomic E-state index is 0.0743. The van der Waals surface area contributed by atoms with Crippen LogP contribution in [0.3, 0.4) is 0 Å². The third-order valence-corrected chi connectivity index (χ3v) is 3.47. The van der Waals surface area contributed by atoms with E-state index in [1.165, 1.54) is 16.5 Å². The van der Waals surface area contributed by atoms with Crippen LogP contribution in [-0.4, -0.2) is 23.6 Å². The van der Waals surface area contributed by atoms with Crippen molar-refractivity contribution in [3.05, 3.63) is 36.0 Å². The first-order chi connectivity index (χ1) is 8.80. The number of aromatic amines is 1. The molecular weight excluding hydrogens is 234 g/mol. The molecule has 0 unspecified atom stereocenters. The first-order valence-electron chi connectivity index (χ1n) is 6.86. The van der Waals surface area contributed by atoms with E-state index in [4.69, 9.17) is 5.73 Å². The molecule has 2 aromatic rings. The van der Waals surface area contributed by atoms with Crippen LogP contribution >= 0.6 is 0 Å². The number of H-pyrrole nitrogens is 1. The summed E-state index contributed by atoms with van der Waals surface area (Å²) >= 11 is 0. The van der Waals surface area contributed by atoms with E-state index < -0.39 is 0 Å². The Balaban J connectivity index is 2.15. The van der Waals surface area contributed by atoms with Crippen LogP contribution in [0.15, 0.2) is 30.5 Å². The molecule has 0 aliphatic carbocycles. The molecule has 0 aliphatic rings. The van der Waals surface area contributed by atoms with E-state index in [0.29, 0.717) is 0 Å². The molecule has 0 amide bonds. The van der Waals surface area contributed by atoms with E-state index in [1.54, 1.807) is 0 Å². The summed E-state index contributed by atoms with van der Waals surface area (Å²) in [6, 6.07) is 8.44. The second kappa shape index (κ2) is 4.99. The topological polar surface area (TPSA) is 53.8 Å². The molecule has 0 saturated heterocycles. The lowest BCUT2D eigenvalue weighted by Crippen LogP contribution is -2.46. The van der Waals surface area contributed by atoms with Gasteiger partial charge in [-0.3, -0.25) is 0 Å². The number of aromatic nitrogens is 1. The molecule has 19 heavy (non-hydrogen) atoms. The molecule has 3 heteroatoms. The van der Waals surface area contributed by atoms with Crippen molar-refractivity contribution in [2.45, 2.75) is 38.6 Å². The number of nitrogens with two attached hydrogens (primary N) is 1. The lowest BCUT2D eigenvalue weighted by molar-refractivity contribution is 0.412. The molecule has 4 N–H and O–H groups in total. The van der Waals surface area contributed by atoms with Gasteiger partial charge in [0, 0.05) is 41.1 Å². The first kappa shape index (κ1) is 14.1. The van der Waals surface area contributed by atoms with Crippen LogP contribution < -0.4 is 11.1 Å². The van der Waals surface area contributed by atoms with E-state index in [-0.39, 0.29) is 11.0 Å². The zero-order chi connectivity index (χ0) is 14.1. The van der Waals surface area contributed by atoms with Crippen molar-refractivity contribution in [1.29, 1.82) is 0 Å². The summed E-state index contributed by atoms with van der Waals surface area (Å²) in [5.41, 5.74) is 8.46. The van der Waals surface area contributed by atoms with Gasteiger partial charge in [0.25, 0.3) is 0 Å². The summed E-state index contributed by atoms with van der Waals surface area (Å²) < 4.78 is 0. The van der Waals surface area contributed by atoms with Gasteiger partial charge in [0.1, 0.15) is 0 Å². The highest BCUT2D eigenvalue weighted by molar-refractivity contribution is 5.84. The predicted molar refractivity (Wildman–Crippen MR) is 82.5 cm³/mol. The number of nitrogens with one attached hydrogen (secondary N) is 2. The Morgan fingerprint density at radius 2 is 1.79 bits per heavy atom. The number of benzene rings is 1. The third kappa shape index (κ3) is 3.37. The van der Waals surface area contributed by atoms with Crippen molar-refractivity contribution in [3.63, 3.8) is 0 Å². The lowest BCUT2D eigenvalue weighted by Gasteiger charge is -2.27. The molecular formula is C16H25N3. The predicted octanol–water partition coefficient (Wildman–Crippen LogP) is 2.77. The largest absolute Gasteiger partial charge is 0.361 e. The van der Waals surface area contributed by atoms with Gasteiger partial charge in [-0.1, -0.05) is 32.0 Å². The van der Waals surface area contributed by atoms with Gasteiger partial charge in [-0.25, -0.2) is 0 Å². The summed E-state index contributed by atoms with van der Waals surface area (Å²) in [4.78, 5) is 3.35. The van der Waals surface area contributed by atoms with Crippen LogP contribution in [0, 0.1) is 0 Å². The Hall–Kier alpha value is -1.32. The van der Waals surface area contributed by atoms with E-state index >= 15 is 0 Å². The highest BCUT2D eigenvalue weighted by Gasteiger charge is 2.24. The Labute approximate surface area is 115 Å². The molecule has 1 aromatic carbocycles. The molecule has 2 rings (SSSR count). The number of hydrogen-bond acceptors (Lipinski definition) is 2. The van der Waals surface area contributed by atoms with Gasteiger partial charge < -0.3 is 16.0 Å².